The van der Waals surface area contributed by atoms with Gasteiger partial charge in [-0.1, -0.05) is 103 Å². The molecule has 4 aromatic rings. The van der Waals surface area contributed by atoms with Gasteiger partial charge in [0, 0.05) is 29.3 Å². The van der Waals surface area contributed by atoms with Gasteiger partial charge in [0.05, 0.1) is 6.42 Å². The normalized spacial score (nSPS) is 19.5. The molecule has 3 aromatic carbocycles. The fourth-order valence-corrected chi connectivity index (χ4v) is 5.07. The second-order valence-electron chi connectivity index (χ2n) is 9.55. The van der Waals surface area contributed by atoms with E-state index in [4.69, 9.17) is 4.42 Å². The van der Waals surface area contributed by atoms with E-state index in [1.807, 2.05) is 97.1 Å². The number of nitrogens with one attached hydrogen (secondary N) is 1. The molecule has 0 fully saturated rings. The Morgan fingerprint density at radius 1 is 0.919 bits per heavy atom. The lowest BCUT2D eigenvalue weighted by Crippen LogP contribution is -2.47. The van der Waals surface area contributed by atoms with E-state index in [-0.39, 0.29) is 18.2 Å². The van der Waals surface area contributed by atoms with Gasteiger partial charge in [0.1, 0.15) is 16.8 Å². The number of rotatable bonds is 8. The third kappa shape index (κ3) is 4.98. The van der Waals surface area contributed by atoms with Gasteiger partial charge in [-0.15, -0.1) is 0 Å². The number of allylic oxidation sites excluding steroid dienone is 2. The van der Waals surface area contributed by atoms with Crippen molar-refractivity contribution in [2.75, 3.05) is 0 Å². The molecular formula is C32H29NO4. The van der Waals surface area contributed by atoms with Gasteiger partial charge in [0.2, 0.25) is 5.91 Å². The molecule has 1 amide bonds. The number of carbonyl (C=O) groups excluding carboxylic acids is 1. The Morgan fingerprint density at radius 3 is 2.22 bits per heavy atom. The van der Waals surface area contributed by atoms with E-state index >= 15 is 0 Å². The first kappa shape index (κ1) is 24.3. The number of hydrogen-bond acceptors (Lipinski definition) is 3. The predicted molar refractivity (Wildman–Crippen MR) is 144 cm³/mol. The summed E-state index contributed by atoms with van der Waals surface area (Å²) in [6.45, 7) is 1.71. The largest absolute Gasteiger partial charge is 0.481 e. The second kappa shape index (κ2) is 10.3. The molecule has 5 nitrogen and oxygen atoms in total. The smallest absolute Gasteiger partial charge is 0.305 e. The monoisotopic (exact) mass is 491 g/mol. The predicted octanol–water partition coefficient (Wildman–Crippen LogP) is 6.15. The van der Waals surface area contributed by atoms with Crippen LogP contribution in [0.3, 0.4) is 0 Å². The number of carboxylic acids is 1. The average molecular weight is 492 g/mol. The van der Waals surface area contributed by atoms with E-state index in [2.05, 4.69) is 17.4 Å². The van der Waals surface area contributed by atoms with Crippen LogP contribution >= 0.6 is 0 Å². The number of furan rings is 1. The van der Waals surface area contributed by atoms with Crippen LogP contribution in [0.15, 0.2) is 114 Å². The zero-order valence-electron chi connectivity index (χ0n) is 20.6. The molecule has 1 atom stereocenters. The Labute approximate surface area is 216 Å². The molecule has 1 unspecified atom stereocenters. The Balaban J connectivity index is 1.64. The minimum absolute atomic E-state index is 0.0225. The summed E-state index contributed by atoms with van der Waals surface area (Å²) in [5, 5.41) is 13.1. The van der Waals surface area contributed by atoms with Crippen LogP contribution in [0.5, 0.6) is 0 Å². The van der Waals surface area contributed by atoms with Crippen molar-refractivity contribution in [3.05, 3.63) is 132 Å². The van der Waals surface area contributed by atoms with Gasteiger partial charge in [-0.3, -0.25) is 9.59 Å². The summed E-state index contributed by atoms with van der Waals surface area (Å²) in [7, 11) is 0. The molecule has 1 aliphatic carbocycles. The number of hydrogen-bond donors (Lipinski definition) is 2. The molecule has 1 aliphatic rings. The van der Waals surface area contributed by atoms with Crippen LogP contribution in [0.25, 0.3) is 11.0 Å². The molecular weight excluding hydrogens is 462 g/mol. The van der Waals surface area contributed by atoms with Gasteiger partial charge in [-0.2, -0.15) is 0 Å². The zero-order valence-corrected chi connectivity index (χ0v) is 20.6. The summed E-state index contributed by atoms with van der Waals surface area (Å²) in [6, 6.07) is 27.3. The Hall–Kier alpha value is -4.38. The van der Waals surface area contributed by atoms with E-state index < -0.39 is 17.4 Å². The van der Waals surface area contributed by atoms with Gasteiger partial charge in [-0.05, 0) is 24.1 Å². The maximum Gasteiger partial charge on any atom is 0.305 e. The van der Waals surface area contributed by atoms with E-state index in [1.54, 1.807) is 6.92 Å². The second-order valence-corrected chi connectivity index (χ2v) is 9.55. The number of aliphatic carboxylic acids is 1. The summed E-state index contributed by atoms with van der Waals surface area (Å²) >= 11 is 0. The van der Waals surface area contributed by atoms with Crippen molar-refractivity contribution in [3.8, 4) is 0 Å². The van der Waals surface area contributed by atoms with E-state index in [0.29, 0.717) is 17.8 Å². The van der Waals surface area contributed by atoms with Crippen molar-refractivity contribution in [3.63, 3.8) is 0 Å². The highest BCUT2D eigenvalue weighted by Crippen LogP contribution is 2.42. The van der Waals surface area contributed by atoms with Crippen LogP contribution in [0.4, 0.5) is 0 Å². The van der Waals surface area contributed by atoms with Crippen LogP contribution in [-0.2, 0) is 21.4 Å². The number of para-hydroxylation sites is 1. The molecule has 37 heavy (non-hydrogen) atoms. The lowest BCUT2D eigenvalue weighted by atomic mass is 9.72. The topological polar surface area (TPSA) is 79.5 Å². The third-order valence-electron chi connectivity index (χ3n) is 6.84. The number of carbonyl (C=O) groups is 2. The minimum Gasteiger partial charge on any atom is -0.481 e. The van der Waals surface area contributed by atoms with E-state index in [9.17, 15) is 14.7 Å². The quantitative estimate of drug-likeness (QED) is 0.290. The Bertz CT molecular complexity index is 1450. The van der Waals surface area contributed by atoms with Crippen molar-refractivity contribution in [2.45, 2.75) is 37.1 Å². The fraction of sp³-hybridized carbons (Fsp3) is 0.188. The summed E-state index contributed by atoms with van der Waals surface area (Å²) in [5.74, 6) is -0.504. The maximum atomic E-state index is 14.1. The van der Waals surface area contributed by atoms with Crippen molar-refractivity contribution in [1.82, 2.24) is 5.32 Å². The average Bonchev–Trinajstić information content (AvgIpc) is 3.27. The summed E-state index contributed by atoms with van der Waals surface area (Å²) in [5.41, 5.74) is 2.54. The summed E-state index contributed by atoms with van der Waals surface area (Å²) in [6.07, 6.45) is 8.34. The Kier molecular flexibility index (Phi) is 6.78. The molecule has 2 N–H and O–H groups in total. The lowest BCUT2D eigenvalue weighted by Gasteiger charge is -2.32. The van der Waals surface area contributed by atoms with Crippen LogP contribution in [0, 0.1) is 0 Å². The van der Waals surface area contributed by atoms with Crippen molar-refractivity contribution >= 4 is 22.8 Å². The van der Waals surface area contributed by atoms with Gasteiger partial charge < -0.3 is 14.8 Å². The van der Waals surface area contributed by atoms with E-state index in [0.717, 1.165) is 22.1 Å². The van der Waals surface area contributed by atoms with Crippen LogP contribution in [0.2, 0.25) is 0 Å². The molecule has 1 heterocycles. The molecule has 0 aliphatic heterocycles. The number of benzene rings is 3. The van der Waals surface area contributed by atoms with Gasteiger partial charge in [0.25, 0.3) is 0 Å². The van der Waals surface area contributed by atoms with Crippen molar-refractivity contribution in [1.29, 1.82) is 0 Å². The summed E-state index contributed by atoms with van der Waals surface area (Å²) in [4.78, 5) is 25.4. The SMILES string of the molecule is CC(CC(=O)O)NC(=O)C1(c2c(Cc3ccccc3)oc3ccccc23)C=CC(c2ccccc2)C=C1. The van der Waals surface area contributed by atoms with Crippen LogP contribution < -0.4 is 5.32 Å². The molecule has 0 saturated carbocycles. The first-order valence-corrected chi connectivity index (χ1v) is 12.5. The number of fused-ring (bicyclic) bond motifs is 1. The van der Waals surface area contributed by atoms with Gasteiger partial charge in [-0.25, -0.2) is 0 Å². The molecule has 0 saturated heterocycles. The highest BCUT2D eigenvalue weighted by Gasteiger charge is 2.42. The molecule has 5 heteroatoms. The van der Waals surface area contributed by atoms with Crippen LogP contribution in [-0.4, -0.2) is 23.0 Å². The molecule has 0 radical (unpaired) electrons. The standard InChI is InChI=1S/C32H29NO4/c1-22(20-29(34)35)33-31(36)32(18-16-25(17-19-32)24-12-6-3-7-13-24)30-26-14-8-9-15-27(26)37-28(30)21-23-10-4-2-5-11-23/h2-19,22,25H,20-21H2,1H3,(H,33,36)(H,34,35). The first-order valence-electron chi connectivity index (χ1n) is 12.5. The van der Waals surface area contributed by atoms with Gasteiger partial charge >= 0.3 is 5.97 Å². The molecule has 0 spiro atoms. The Morgan fingerprint density at radius 2 is 1.54 bits per heavy atom. The van der Waals surface area contributed by atoms with Crippen LogP contribution in [0.1, 0.15) is 41.7 Å². The minimum atomic E-state index is -1.16. The molecule has 5 rings (SSSR count). The van der Waals surface area contributed by atoms with Gasteiger partial charge in [0.15, 0.2) is 0 Å². The molecule has 186 valence electrons. The highest BCUT2D eigenvalue weighted by atomic mass is 16.4. The number of carboxylic acid groups (broad SMARTS) is 1. The molecule has 1 aromatic heterocycles. The first-order chi connectivity index (χ1) is 18.0. The number of amides is 1. The van der Waals surface area contributed by atoms with Crippen molar-refractivity contribution in [2.24, 2.45) is 0 Å². The van der Waals surface area contributed by atoms with E-state index in [1.165, 1.54) is 0 Å². The maximum absolute atomic E-state index is 14.1. The highest BCUT2D eigenvalue weighted by molar-refractivity contribution is 5.99. The molecule has 0 bridgehead atoms. The summed E-state index contributed by atoms with van der Waals surface area (Å²) < 4.78 is 6.37. The zero-order chi connectivity index (χ0) is 25.8. The fourth-order valence-electron chi connectivity index (χ4n) is 5.07. The van der Waals surface area contributed by atoms with Crippen molar-refractivity contribution < 1.29 is 19.1 Å². The third-order valence-corrected chi connectivity index (χ3v) is 6.84. The lowest BCUT2D eigenvalue weighted by molar-refractivity contribution is -0.137.